The van der Waals surface area contributed by atoms with Crippen LogP contribution in [0.5, 0.6) is 5.75 Å². The van der Waals surface area contributed by atoms with Gasteiger partial charge in [-0.15, -0.1) is 5.10 Å². The molecule has 1 N–H and O–H groups in total. The molecule has 3 aromatic rings. The van der Waals surface area contributed by atoms with Crippen molar-refractivity contribution in [1.82, 2.24) is 20.2 Å². The van der Waals surface area contributed by atoms with Crippen LogP contribution in [0, 0.1) is 6.92 Å². The molecule has 1 heterocycles. The maximum Gasteiger partial charge on any atom is 0.237 e. The highest BCUT2D eigenvalue weighted by atomic mass is 32.2. The summed E-state index contributed by atoms with van der Waals surface area (Å²) in [6.07, 6.45) is 0. The second-order valence-electron chi connectivity index (χ2n) is 5.66. The first-order chi connectivity index (χ1) is 12.6. The lowest BCUT2D eigenvalue weighted by molar-refractivity contribution is -0.115. The number of nitrogens with one attached hydrogen (secondary N) is 1. The Balaban J connectivity index is 1.75. The van der Waals surface area contributed by atoms with Gasteiger partial charge in [0.05, 0.1) is 12.4 Å². The van der Waals surface area contributed by atoms with Gasteiger partial charge in [0.15, 0.2) is 0 Å². The van der Waals surface area contributed by atoms with Gasteiger partial charge >= 0.3 is 0 Å². The summed E-state index contributed by atoms with van der Waals surface area (Å²) in [4.78, 5) is 12.5. The zero-order valence-corrected chi connectivity index (χ0v) is 15.5. The molecular formula is C18H19N5O2S. The SMILES string of the molecule is COc1ccccc1-n1nnnc1SC(C)C(=O)Nc1cccc(C)c1. The van der Waals surface area contributed by atoms with Gasteiger partial charge in [-0.1, -0.05) is 36.0 Å². The van der Waals surface area contributed by atoms with Gasteiger partial charge in [0.2, 0.25) is 11.1 Å². The first-order valence-electron chi connectivity index (χ1n) is 8.04. The summed E-state index contributed by atoms with van der Waals surface area (Å²) in [5, 5.41) is 14.9. The number of nitrogens with zero attached hydrogens (tertiary/aromatic N) is 4. The lowest BCUT2D eigenvalue weighted by Gasteiger charge is -2.13. The van der Waals surface area contributed by atoms with Crippen molar-refractivity contribution in [3.8, 4) is 11.4 Å². The van der Waals surface area contributed by atoms with Gasteiger partial charge in [-0.05, 0) is 54.1 Å². The smallest absolute Gasteiger partial charge is 0.237 e. The number of rotatable bonds is 6. The number of amides is 1. The number of benzene rings is 2. The molecule has 0 saturated heterocycles. The van der Waals surface area contributed by atoms with Crippen LogP contribution in [0.4, 0.5) is 5.69 Å². The monoisotopic (exact) mass is 369 g/mol. The highest BCUT2D eigenvalue weighted by Gasteiger charge is 2.20. The number of carbonyl (C=O) groups is 1. The lowest BCUT2D eigenvalue weighted by atomic mass is 10.2. The minimum atomic E-state index is -0.380. The summed E-state index contributed by atoms with van der Waals surface area (Å²) in [7, 11) is 1.59. The number of hydrogen-bond acceptors (Lipinski definition) is 6. The molecule has 0 radical (unpaired) electrons. The molecule has 0 aliphatic rings. The number of aryl methyl sites for hydroxylation is 1. The van der Waals surface area contributed by atoms with Crippen molar-refractivity contribution < 1.29 is 9.53 Å². The molecule has 0 fully saturated rings. The molecule has 0 aliphatic heterocycles. The predicted octanol–water partition coefficient (Wildman–Crippen LogP) is 3.10. The van der Waals surface area contributed by atoms with Gasteiger partial charge in [0.25, 0.3) is 0 Å². The molecular weight excluding hydrogens is 350 g/mol. The van der Waals surface area contributed by atoms with Crippen LogP contribution in [0.2, 0.25) is 0 Å². The molecule has 0 spiro atoms. The van der Waals surface area contributed by atoms with Crippen molar-refractivity contribution in [3.63, 3.8) is 0 Å². The van der Waals surface area contributed by atoms with Crippen LogP contribution in [0.3, 0.4) is 0 Å². The second-order valence-corrected chi connectivity index (χ2v) is 6.97. The molecule has 1 amide bonds. The standard InChI is InChI=1S/C18H19N5O2S/c1-12-7-6-8-14(11-12)19-17(24)13(2)26-18-20-21-22-23(18)15-9-4-5-10-16(15)25-3/h4-11,13H,1-3H3,(H,19,24). The molecule has 0 bridgehead atoms. The average molecular weight is 369 g/mol. The number of thioether (sulfide) groups is 1. The summed E-state index contributed by atoms with van der Waals surface area (Å²) in [5.41, 5.74) is 2.57. The first kappa shape index (κ1) is 17.9. The number of hydrogen-bond donors (Lipinski definition) is 1. The van der Waals surface area contributed by atoms with Gasteiger partial charge in [-0.25, -0.2) is 0 Å². The van der Waals surface area contributed by atoms with Crippen LogP contribution in [0.15, 0.2) is 53.7 Å². The van der Waals surface area contributed by atoms with E-state index >= 15 is 0 Å². The van der Waals surface area contributed by atoms with E-state index in [1.54, 1.807) is 11.8 Å². The van der Waals surface area contributed by atoms with E-state index in [9.17, 15) is 4.79 Å². The Hall–Kier alpha value is -2.87. The van der Waals surface area contributed by atoms with Crippen LogP contribution in [0.1, 0.15) is 12.5 Å². The fourth-order valence-corrected chi connectivity index (χ4v) is 3.19. The Morgan fingerprint density at radius 1 is 1.23 bits per heavy atom. The third-order valence-corrected chi connectivity index (χ3v) is 4.72. The Bertz CT molecular complexity index is 912. The Morgan fingerprint density at radius 3 is 2.81 bits per heavy atom. The maximum absolute atomic E-state index is 12.5. The summed E-state index contributed by atoms with van der Waals surface area (Å²) in [5.74, 6) is 0.536. The summed E-state index contributed by atoms with van der Waals surface area (Å²) < 4.78 is 6.93. The van der Waals surface area contributed by atoms with Crippen molar-refractivity contribution in [2.45, 2.75) is 24.3 Å². The van der Waals surface area contributed by atoms with Gasteiger partial charge in [0.1, 0.15) is 11.4 Å². The molecule has 1 aromatic heterocycles. The summed E-state index contributed by atoms with van der Waals surface area (Å²) >= 11 is 1.28. The lowest BCUT2D eigenvalue weighted by Crippen LogP contribution is -2.23. The Kier molecular flexibility index (Phi) is 5.52. The molecule has 1 unspecified atom stereocenters. The number of anilines is 1. The summed E-state index contributed by atoms with van der Waals surface area (Å²) in [6.45, 7) is 3.80. The number of methoxy groups -OCH3 is 1. The topological polar surface area (TPSA) is 81.9 Å². The number of ether oxygens (including phenoxy) is 1. The van der Waals surface area contributed by atoms with Crippen LogP contribution in [-0.4, -0.2) is 38.5 Å². The number of tetrazole rings is 1. The van der Waals surface area contributed by atoms with Crippen molar-refractivity contribution >= 4 is 23.4 Å². The zero-order chi connectivity index (χ0) is 18.5. The largest absolute Gasteiger partial charge is 0.494 e. The second kappa shape index (κ2) is 8.01. The number of para-hydroxylation sites is 2. The molecule has 8 heteroatoms. The predicted molar refractivity (Wildman–Crippen MR) is 101 cm³/mol. The van der Waals surface area contributed by atoms with E-state index in [0.29, 0.717) is 16.6 Å². The molecule has 26 heavy (non-hydrogen) atoms. The minimum Gasteiger partial charge on any atom is -0.494 e. The molecule has 0 aliphatic carbocycles. The highest BCUT2D eigenvalue weighted by molar-refractivity contribution is 8.00. The molecule has 134 valence electrons. The van der Waals surface area contributed by atoms with E-state index in [1.165, 1.54) is 11.8 Å². The normalized spacial score (nSPS) is 11.8. The van der Waals surface area contributed by atoms with Crippen LogP contribution >= 0.6 is 11.8 Å². The van der Waals surface area contributed by atoms with Gasteiger partial charge in [-0.3, -0.25) is 4.79 Å². The first-order valence-corrected chi connectivity index (χ1v) is 8.92. The highest BCUT2D eigenvalue weighted by Crippen LogP contribution is 2.28. The Labute approximate surface area is 155 Å². The quantitative estimate of drug-likeness (QED) is 0.673. The number of aromatic nitrogens is 4. The van der Waals surface area contributed by atoms with Crippen molar-refractivity contribution in [3.05, 3.63) is 54.1 Å². The van der Waals surface area contributed by atoms with Crippen LogP contribution in [0.25, 0.3) is 5.69 Å². The molecule has 7 nitrogen and oxygen atoms in total. The molecule has 3 rings (SSSR count). The Morgan fingerprint density at radius 2 is 2.04 bits per heavy atom. The van der Waals surface area contributed by atoms with E-state index in [4.69, 9.17) is 4.74 Å². The van der Waals surface area contributed by atoms with Gasteiger partial charge in [0, 0.05) is 5.69 Å². The number of carbonyl (C=O) groups excluding carboxylic acids is 1. The van der Waals surface area contributed by atoms with E-state index < -0.39 is 0 Å². The summed E-state index contributed by atoms with van der Waals surface area (Å²) in [6, 6.07) is 15.1. The van der Waals surface area contributed by atoms with Crippen molar-refractivity contribution in [1.29, 1.82) is 0 Å². The van der Waals surface area contributed by atoms with Crippen molar-refractivity contribution in [2.75, 3.05) is 12.4 Å². The van der Waals surface area contributed by atoms with Gasteiger partial charge < -0.3 is 10.1 Å². The maximum atomic E-state index is 12.5. The fourth-order valence-electron chi connectivity index (χ4n) is 2.39. The fraction of sp³-hybridized carbons (Fsp3) is 0.222. The van der Waals surface area contributed by atoms with E-state index in [2.05, 4.69) is 20.8 Å². The van der Waals surface area contributed by atoms with E-state index in [0.717, 1.165) is 11.3 Å². The van der Waals surface area contributed by atoms with Crippen molar-refractivity contribution in [2.24, 2.45) is 0 Å². The van der Waals surface area contributed by atoms with E-state index in [-0.39, 0.29) is 11.2 Å². The third kappa shape index (κ3) is 4.02. The average Bonchev–Trinajstić information content (AvgIpc) is 3.09. The van der Waals surface area contributed by atoms with E-state index in [1.807, 2.05) is 62.4 Å². The van der Waals surface area contributed by atoms with Crippen LogP contribution in [-0.2, 0) is 4.79 Å². The van der Waals surface area contributed by atoms with Gasteiger partial charge in [-0.2, -0.15) is 4.68 Å². The van der Waals surface area contributed by atoms with Crippen LogP contribution < -0.4 is 10.1 Å². The third-order valence-electron chi connectivity index (χ3n) is 3.69. The molecule has 0 saturated carbocycles. The minimum absolute atomic E-state index is 0.116. The molecule has 1 atom stereocenters. The zero-order valence-electron chi connectivity index (χ0n) is 14.7. The molecule has 2 aromatic carbocycles.